The number of halogens is 2. The second-order valence-corrected chi connectivity index (χ2v) is 4.68. The zero-order valence-electron chi connectivity index (χ0n) is 9.79. The predicted octanol–water partition coefficient (Wildman–Crippen LogP) is 2.59. The van der Waals surface area contributed by atoms with Crippen LogP contribution in [0.25, 0.3) is 0 Å². The van der Waals surface area contributed by atoms with Crippen LogP contribution in [0.4, 0.5) is 4.39 Å². The molecule has 0 bridgehead atoms. The number of hydrogen-bond donors (Lipinski definition) is 0. The minimum atomic E-state index is -0.593. The second-order valence-electron chi connectivity index (χ2n) is 4.32. The van der Waals surface area contributed by atoms with Gasteiger partial charge >= 0.3 is 5.97 Å². The molecule has 0 atom stereocenters. The third kappa shape index (κ3) is 4.99. The SMILES string of the molecule is CC(C)(C)OC(=O)COc1cc(F)cnc1Cl. The van der Waals surface area contributed by atoms with Crippen molar-refractivity contribution in [3.8, 4) is 5.75 Å². The van der Waals surface area contributed by atoms with Crippen molar-refractivity contribution in [1.29, 1.82) is 0 Å². The summed E-state index contributed by atoms with van der Waals surface area (Å²) in [5.74, 6) is -1.14. The van der Waals surface area contributed by atoms with Gasteiger partial charge in [0.2, 0.25) is 0 Å². The molecule has 0 saturated carbocycles. The molecule has 0 aromatic carbocycles. The summed E-state index contributed by atoms with van der Waals surface area (Å²) < 4.78 is 22.9. The summed E-state index contributed by atoms with van der Waals surface area (Å²) in [5.41, 5.74) is -0.593. The van der Waals surface area contributed by atoms with Crippen molar-refractivity contribution in [2.24, 2.45) is 0 Å². The Morgan fingerprint density at radius 2 is 2.18 bits per heavy atom. The molecule has 0 aliphatic rings. The van der Waals surface area contributed by atoms with Gasteiger partial charge in [0.15, 0.2) is 17.5 Å². The average Bonchev–Trinajstić information content (AvgIpc) is 2.17. The van der Waals surface area contributed by atoms with Gasteiger partial charge in [0, 0.05) is 6.07 Å². The normalized spacial score (nSPS) is 11.1. The van der Waals surface area contributed by atoms with E-state index in [0.29, 0.717) is 0 Å². The lowest BCUT2D eigenvalue weighted by atomic mass is 10.2. The summed E-state index contributed by atoms with van der Waals surface area (Å²) in [5, 5.41) is -0.00467. The minimum absolute atomic E-state index is 0.00467. The van der Waals surface area contributed by atoms with E-state index in [1.54, 1.807) is 20.8 Å². The second kappa shape index (κ2) is 5.31. The monoisotopic (exact) mass is 261 g/mol. The fourth-order valence-electron chi connectivity index (χ4n) is 1.01. The first-order valence-corrected chi connectivity index (χ1v) is 5.31. The number of rotatable bonds is 3. The molecule has 4 nitrogen and oxygen atoms in total. The zero-order valence-corrected chi connectivity index (χ0v) is 10.5. The maximum atomic E-state index is 12.8. The van der Waals surface area contributed by atoms with Crippen LogP contribution in [-0.4, -0.2) is 23.2 Å². The third-order valence-corrected chi connectivity index (χ3v) is 1.82. The topological polar surface area (TPSA) is 48.4 Å². The zero-order chi connectivity index (χ0) is 13.1. The van der Waals surface area contributed by atoms with Crippen molar-refractivity contribution >= 4 is 17.6 Å². The molecule has 0 aliphatic carbocycles. The molecule has 17 heavy (non-hydrogen) atoms. The van der Waals surface area contributed by atoms with E-state index in [0.717, 1.165) is 12.3 Å². The minimum Gasteiger partial charge on any atom is -0.479 e. The number of ether oxygens (including phenoxy) is 2. The first kappa shape index (κ1) is 13.7. The highest BCUT2D eigenvalue weighted by Gasteiger charge is 2.17. The van der Waals surface area contributed by atoms with Gasteiger partial charge < -0.3 is 9.47 Å². The molecule has 0 unspecified atom stereocenters. The highest BCUT2D eigenvalue weighted by atomic mass is 35.5. The first-order valence-electron chi connectivity index (χ1n) is 4.93. The summed E-state index contributed by atoms with van der Waals surface area (Å²) in [6.45, 7) is 4.87. The van der Waals surface area contributed by atoms with Crippen molar-refractivity contribution in [2.75, 3.05) is 6.61 Å². The van der Waals surface area contributed by atoms with Crippen LogP contribution < -0.4 is 4.74 Å². The Hall–Kier alpha value is -1.36. The van der Waals surface area contributed by atoms with Gasteiger partial charge in [-0.05, 0) is 20.8 Å². The maximum absolute atomic E-state index is 12.8. The van der Waals surface area contributed by atoms with Crippen LogP contribution in [0, 0.1) is 5.82 Å². The summed E-state index contributed by atoms with van der Waals surface area (Å²) in [7, 11) is 0. The van der Waals surface area contributed by atoms with E-state index in [2.05, 4.69) is 4.98 Å². The molecule has 1 rings (SSSR count). The molecular formula is C11H13ClFNO3. The van der Waals surface area contributed by atoms with Gasteiger partial charge in [0.25, 0.3) is 0 Å². The number of carbonyl (C=O) groups excluding carboxylic acids is 1. The lowest BCUT2D eigenvalue weighted by molar-refractivity contribution is -0.157. The summed E-state index contributed by atoms with van der Waals surface area (Å²) >= 11 is 5.66. The van der Waals surface area contributed by atoms with Crippen molar-refractivity contribution < 1.29 is 18.7 Å². The van der Waals surface area contributed by atoms with E-state index in [1.807, 2.05) is 0 Å². The molecule has 0 radical (unpaired) electrons. The fourth-order valence-corrected chi connectivity index (χ4v) is 1.17. The number of pyridine rings is 1. The van der Waals surface area contributed by atoms with E-state index in [-0.39, 0.29) is 17.5 Å². The van der Waals surface area contributed by atoms with Gasteiger partial charge in [-0.25, -0.2) is 14.2 Å². The van der Waals surface area contributed by atoms with Gasteiger partial charge in [-0.3, -0.25) is 0 Å². The quantitative estimate of drug-likeness (QED) is 0.620. The van der Waals surface area contributed by atoms with Crippen molar-refractivity contribution in [1.82, 2.24) is 4.98 Å². The smallest absolute Gasteiger partial charge is 0.344 e. The van der Waals surface area contributed by atoms with Gasteiger partial charge in [0.05, 0.1) is 6.20 Å². The number of aromatic nitrogens is 1. The number of carbonyl (C=O) groups is 1. The number of nitrogens with zero attached hydrogens (tertiary/aromatic N) is 1. The van der Waals surface area contributed by atoms with Crippen LogP contribution in [0.1, 0.15) is 20.8 Å². The summed E-state index contributed by atoms with van der Waals surface area (Å²) in [6, 6.07) is 1.06. The van der Waals surface area contributed by atoms with Crippen LogP contribution in [-0.2, 0) is 9.53 Å². The Morgan fingerprint density at radius 1 is 1.53 bits per heavy atom. The Labute approximate surface area is 104 Å². The Bertz CT molecular complexity index is 418. The van der Waals surface area contributed by atoms with Crippen LogP contribution in [0.5, 0.6) is 5.75 Å². The van der Waals surface area contributed by atoms with Crippen molar-refractivity contribution in [2.45, 2.75) is 26.4 Å². The van der Waals surface area contributed by atoms with E-state index in [4.69, 9.17) is 21.1 Å². The fraction of sp³-hybridized carbons (Fsp3) is 0.455. The van der Waals surface area contributed by atoms with Crippen LogP contribution >= 0.6 is 11.6 Å². The molecule has 0 spiro atoms. The standard InChI is InChI=1S/C11H13ClFNO3/c1-11(2,3)17-9(15)6-16-8-4-7(13)5-14-10(8)12/h4-5H,6H2,1-3H3. The Morgan fingerprint density at radius 3 is 2.76 bits per heavy atom. The molecule has 0 amide bonds. The molecule has 94 valence electrons. The van der Waals surface area contributed by atoms with Crippen LogP contribution in [0.15, 0.2) is 12.3 Å². The van der Waals surface area contributed by atoms with Gasteiger partial charge in [-0.1, -0.05) is 11.6 Å². The molecule has 0 N–H and O–H groups in total. The van der Waals surface area contributed by atoms with Crippen molar-refractivity contribution in [3.63, 3.8) is 0 Å². The molecule has 6 heteroatoms. The molecule has 1 heterocycles. The summed E-state index contributed by atoms with van der Waals surface area (Å²) in [4.78, 5) is 14.9. The molecule has 0 aliphatic heterocycles. The van der Waals surface area contributed by atoms with E-state index < -0.39 is 17.4 Å². The van der Waals surface area contributed by atoms with Gasteiger partial charge in [-0.2, -0.15) is 0 Å². The van der Waals surface area contributed by atoms with Crippen LogP contribution in [0.3, 0.4) is 0 Å². The molecule has 1 aromatic heterocycles. The molecular weight excluding hydrogens is 249 g/mol. The molecule has 0 saturated heterocycles. The lowest BCUT2D eigenvalue weighted by Crippen LogP contribution is -2.27. The third-order valence-electron chi connectivity index (χ3n) is 1.54. The largest absolute Gasteiger partial charge is 0.479 e. The molecule has 1 aromatic rings. The van der Waals surface area contributed by atoms with Crippen LogP contribution in [0.2, 0.25) is 5.15 Å². The average molecular weight is 262 g/mol. The predicted molar refractivity (Wildman–Crippen MR) is 60.5 cm³/mol. The number of esters is 1. The summed E-state index contributed by atoms with van der Waals surface area (Å²) in [6.07, 6.45) is 0.961. The van der Waals surface area contributed by atoms with Gasteiger partial charge in [0.1, 0.15) is 11.4 Å². The van der Waals surface area contributed by atoms with E-state index in [1.165, 1.54) is 0 Å². The Kier molecular flexibility index (Phi) is 4.28. The highest BCUT2D eigenvalue weighted by Crippen LogP contribution is 2.22. The van der Waals surface area contributed by atoms with E-state index in [9.17, 15) is 9.18 Å². The van der Waals surface area contributed by atoms with Gasteiger partial charge in [-0.15, -0.1) is 0 Å². The van der Waals surface area contributed by atoms with Crippen molar-refractivity contribution in [3.05, 3.63) is 23.2 Å². The Balaban J connectivity index is 2.56. The molecule has 0 fully saturated rings. The number of hydrogen-bond acceptors (Lipinski definition) is 4. The first-order chi connectivity index (χ1) is 7.78. The van der Waals surface area contributed by atoms with E-state index >= 15 is 0 Å². The lowest BCUT2D eigenvalue weighted by Gasteiger charge is -2.19. The highest BCUT2D eigenvalue weighted by molar-refractivity contribution is 6.30. The maximum Gasteiger partial charge on any atom is 0.344 e.